The Morgan fingerprint density at radius 1 is 1.14 bits per heavy atom. The standard InChI is InChI=1S/C24H27F3N8O2/c1-3-28-20-10-19-18(12-29-20)23(15-11-30-33(2)13-15)32-35(19)16-4-6-17(7-5-16)37-21-8-9-22(36)34(31-21)14-24(25,26)27/h8-13,16-17H,3-7,14H2,1-2H3,(H,28,29)/t16-,17+. The molecule has 1 aliphatic carbocycles. The molecule has 1 N–H and O–H groups in total. The van der Waals surface area contributed by atoms with Crippen molar-refractivity contribution in [3.05, 3.63) is 47.1 Å². The largest absolute Gasteiger partial charge is 0.473 e. The van der Waals surface area contributed by atoms with Crippen LogP contribution in [0.3, 0.4) is 0 Å². The first kappa shape index (κ1) is 24.8. The van der Waals surface area contributed by atoms with Crippen LogP contribution in [-0.2, 0) is 13.6 Å². The smallest absolute Gasteiger partial charge is 0.408 e. The normalized spacial score (nSPS) is 18.3. The van der Waals surface area contributed by atoms with E-state index in [1.54, 1.807) is 10.9 Å². The second-order valence-electron chi connectivity index (χ2n) is 9.14. The van der Waals surface area contributed by atoms with Crippen molar-refractivity contribution in [3.63, 3.8) is 0 Å². The average molecular weight is 517 g/mol. The highest BCUT2D eigenvalue weighted by atomic mass is 19.4. The summed E-state index contributed by atoms with van der Waals surface area (Å²) in [5.74, 6) is 0.781. The lowest BCUT2D eigenvalue weighted by Gasteiger charge is -2.29. The summed E-state index contributed by atoms with van der Waals surface area (Å²) in [5.41, 5.74) is 1.86. The first-order chi connectivity index (χ1) is 17.7. The van der Waals surface area contributed by atoms with Crippen LogP contribution in [0.1, 0.15) is 38.6 Å². The first-order valence-electron chi connectivity index (χ1n) is 12.1. The Balaban J connectivity index is 1.35. The van der Waals surface area contributed by atoms with Crippen molar-refractivity contribution in [1.82, 2.24) is 34.3 Å². The molecule has 196 valence electrons. The highest BCUT2D eigenvalue weighted by molar-refractivity contribution is 5.93. The Kier molecular flexibility index (Phi) is 6.61. The summed E-state index contributed by atoms with van der Waals surface area (Å²) in [4.78, 5) is 16.3. The lowest BCUT2D eigenvalue weighted by Crippen LogP contribution is -2.31. The maximum absolute atomic E-state index is 12.7. The molecule has 4 heterocycles. The fourth-order valence-corrected chi connectivity index (χ4v) is 4.70. The van der Waals surface area contributed by atoms with Crippen LogP contribution >= 0.6 is 0 Å². The predicted octanol–water partition coefficient (Wildman–Crippen LogP) is 3.95. The lowest BCUT2D eigenvalue weighted by molar-refractivity contribution is -0.143. The topological polar surface area (TPSA) is 105 Å². The van der Waals surface area contributed by atoms with E-state index >= 15 is 0 Å². The van der Waals surface area contributed by atoms with Gasteiger partial charge in [-0.25, -0.2) is 9.67 Å². The van der Waals surface area contributed by atoms with Gasteiger partial charge in [-0.2, -0.15) is 23.4 Å². The maximum Gasteiger partial charge on any atom is 0.408 e. The van der Waals surface area contributed by atoms with Crippen LogP contribution in [-0.4, -0.2) is 53.2 Å². The zero-order chi connectivity index (χ0) is 26.2. The average Bonchev–Trinajstić information content (AvgIpc) is 3.44. The molecule has 10 nitrogen and oxygen atoms in total. The fourth-order valence-electron chi connectivity index (χ4n) is 4.70. The van der Waals surface area contributed by atoms with E-state index in [9.17, 15) is 18.0 Å². The fraction of sp³-hybridized carbons (Fsp3) is 0.458. The van der Waals surface area contributed by atoms with E-state index in [0.29, 0.717) is 17.5 Å². The summed E-state index contributed by atoms with van der Waals surface area (Å²) >= 11 is 0. The molecule has 37 heavy (non-hydrogen) atoms. The summed E-state index contributed by atoms with van der Waals surface area (Å²) < 4.78 is 48.3. The van der Waals surface area contributed by atoms with Crippen LogP contribution in [0.15, 0.2) is 41.6 Å². The number of nitrogens with one attached hydrogen (secondary N) is 1. The van der Waals surface area contributed by atoms with Crippen LogP contribution in [0.2, 0.25) is 0 Å². The minimum absolute atomic E-state index is 0.0112. The van der Waals surface area contributed by atoms with Crippen LogP contribution < -0.4 is 15.6 Å². The van der Waals surface area contributed by atoms with Crippen molar-refractivity contribution in [2.75, 3.05) is 11.9 Å². The third-order valence-electron chi connectivity index (χ3n) is 6.38. The minimum atomic E-state index is -4.54. The van der Waals surface area contributed by atoms with Crippen molar-refractivity contribution < 1.29 is 17.9 Å². The number of anilines is 1. The molecule has 0 unspecified atom stereocenters. The van der Waals surface area contributed by atoms with Crippen molar-refractivity contribution in [1.29, 1.82) is 0 Å². The Morgan fingerprint density at radius 3 is 2.59 bits per heavy atom. The van der Waals surface area contributed by atoms with Gasteiger partial charge in [0.15, 0.2) is 0 Å². The SMILES string of the molecule is CCNc1cc2c(cn1)c(-c1cnn(C)c1)nn2[C@H]1CC[C@@H](Oc2ccc(=O)n(CC(F)(F)F)n2)CC1. The van der Waals surface area contributed by atoms with Gasteiger partial charge < -0.3 is 10.1 Å². The number of rotatable bonds is 7. The predicted molar refractivity (Wildman–Crippen MR) is 130 cm³/mol. The molecule has 1 aliphatic rings. The molecule has 4 aromatic rings. The maximum atomic E-state index is 12.7. The minimum Gasteiger partial charge on any atom is -0.473 e. The molecule has 0 aromatic carbocycles. The summed E-state index contributed by atoms with van der Waals surface area (Å²) in [5, 5.41) is 17.2. The molecule has 5 rings (SSSR count). The van der Waals surface area contributed by atoms with Gasteiger partial charge in [0.2, 0.25) is 5.88 Å². The zero-order valence-electron chi connectivity index (χ0n) is 20.4. The molecule has 0 saturated heterocycles. The number of nitrogens with zero attached hydrogens (tertiary/aromatic N) is 7. The van der Waals surface area contributed by atoms with Gasteiger partial charge in [0.05, 0.1) is 17.8 Å². The highest BCUT2D eigenvalue weighted by Gasteiger charge is 2.30. The third-order valence-corrected chi connectivity index (χ3v) is 6.38. The molecule has 0 amide bonds. The molecule has 0 radical (unpaired) electrons. The Labute approximate surface area is 210 Å². The summed E-state index contributed by atoms with van der Waals surface area (Å²) in [7, 11) is 1.86. The summed E-state index contributed by atoms with van der Waals surface area (Å²) in [6.07, 6.45) is 3.61. The van der Waals surface area contributed by atoms with Crippen molar-refractivity contribution >= 4 is 16.7 Å². The zero-order valence-corrected chi connectivity index (χ0v) is 20.4. The number of aryl methyl sites for hydroxylation is 1. The number of fused-ring (bicyclic) bond motifs is 1. The van der Waals surface area contributed by atoms with Crippen molar-refractivity contribution in [2.45, 2.75) is 57.5 Å². The van der Waals surface area contributed by atoms with Crippen molar-refractivity contribution in [2.24, 2.45) is 7.05 Å². The van der Waals surface area contributed by atoms with Gasteiger partial charge in [-0.3, -0.25) is 14.2 Å². The van der Waals surface area contributed by atoms with Gasteiger partial charge in [0, 0.05) is 55.1 Å². The van der Waals surface area contributed by atoms with Gasteiger partial charge in [-0.1, -0.05) is 0 Å². The van der Waals surface area contributed by atoms with Crippen LogP contribution in [0.25, 0.3) is 22.2 Å². The van der Waals surface area contributed by atoms with E-state index in [2.05, 4.69) is 20.5 Å². The Hall–Kier alpha value is -3.90. The molecule has 13 heteroatoms. The van der Waals surface area contributed by atoms with E-state index in [-0.39, 0.29) is 18.0 Å². The third kappa shape index (κ3) is 5.44. The molecule has 0 atom stereocenters. The molecule has 1 saturated carbocycles. The number of aromatic nitrogens is 7. The van der Waals surface area contributed by atoms with E-state index in [1.165, 1.54) is 6.07 Å². The molecule has 4 aromatic heterocycles. The molecular weight excluding hydrogens is 489 g/mol. The summed E-state index contributed by atoms with van der Waals surface area (Å²) in [6, 6.07) is 4.47. The van der Waals surface area contributed by atoms with E-state index in [0.717, 1.165) is 53.4 Å². The van der Waals surface area contributed by atoms with Crippen LogP contribution in [0.4, 0.5) is 19.0 Å². The number of pyridine rings is 1. The Morgan fingerprint density at radius 2 is 1.92 bits per heavy atom. The molecule has 1 fully saturated rings. The van der Waals surface area contributed by atoms with Gasteiger partial charge in [0.1, 0.15) is 24.2 Å². The number of halogens is 3. The monoisotopic (exact) mass is 516 g/mol. The number of hydrogen-bond acceptors (Lipinski definition) is 7. The molecule has 0 bridgehead atoms. The van der Waals surface area contributed by atoms with Gasteiger partial charge in [-0.15, -0.1) is 5.10 Å². The quantitative estimate of drug-likeness (QED) is 0.397. The van der Waals surface area contributed by atoms with E-state index < -0.39 is 18.3 Å². The first-order valence-corrected chi connectivity index (χ1v) is 12.1. The summed E-state index contributed by atoms with van der Waals surface area (Å²) in [6.45, 7) is 1.30. The van der Waals surface area contributed by atoms with Crippen LogP contribution in [0, 0.1) is 0 Å². The highest BCUT2D eigenvalue weighted by Crippen LogP contribution is 2.36. The Bertz CT molecular complexity index is 1450. The van der Waals surface area contributed by atoms with Crippen molar-refractivity contribution in [3.8, 4) is 17.1 Å². The number of ether oxygens (including phenoxy) is 1. The van der Waals surface area contributed by atoms with Gasteiger partial charge >= 0.3 is 6.18 Å². The van der Waals surface area contributed by atoms with Crippen LogP contribution in [0.5, 0.6) is 5.88 Å². The second-order valence-corrected chi connectivity index (χ2v) is 9.14. The second kappa shape index (κ2) is 9.87. The van der Waals surface area contributed by atoms with Gasteiger partial charge in [-0.05, 0) is 32.6 Å². The number of alkyl halides is 3. The van der Waals surface area contributed by atoms with Gasteiger partial charge in [0.25, 0.3) is 5.56 Å². The molecule has 0 aliphatic heterocycles. The van der Waals surface area contributed by atoms with E-state index in [1.807, 2.05) is 37.1 Å². The molecule has 0 spiro atoms. The molecular formula is C24H27F3N8O2. The van der Waals surface area contributed by atoms with E-state index in [4.69, 9.17) is 9.84 Å². The number of hydrogen-bond donors (Lipinski definition) is 1. The lowest BCUT2D eigenvalue weighted by atomic mass is 9.93.